The molecule has 0 saturated carbocycles. The van der Waals surface area contributed by atoms with E-state index in [1.165, 1.54) is 28.2 Å². The van der Waals surface area contributed by atoms with Crippen molar-refractivity contribution in [2.24, 2.45) is 0 Å². The number of nitro groups is 1. The van der Waals surface area contributed by atoms with E-state index in [1.54, 1.807) is 0 Å². The number of carbonyl (C=O) groups is 1. The molecule has 1 N–H and O–H groups in total. The van der Waals surface area contributed by atoms with Crippen molar-refractivity contribution in [1.82, 2.24) is 15.1 Å². The van der Waals surface area contributed by atoms with E-state index in [-0.39, 0.29) is 24.1 Å². The molecule has 7 heteroatoms. The van der Waals surface area contributed by atoms with E-state index >= 15 is 0 Å². The molecular weight excluding hydrogens is 308 g/mol. The Morgan fingerprint density at radius 2 is 2.21 bits per heavy atom. The van der Waals surface area contributed by atoms with Gasteiger partial charge in [0.25, 0.3) is 0 Å². The Morgan fingerprint density at radius 1 is 1.38 bits per heavy atom. The lowest BCUT2D eigenvalue weighted by atomic mass is 9.99. The van der Waals surface area contributed by atoms with Gasteiger partial charge in [-0.2, -0.15) is 5.10 Å². The predicted octanol–water partition coefficient (Wildman–Crippen LogP) is 2.77. The Balaban J connectivity index is 1.59. The molecule has 0 fully saturated rings. The van der Waals surface area contributed by atoms with E-state index in [4.69, 9.17) is 0 Å². The van der Waals surface area contributed by atoms with Crippen LogP contribution in [0, 0.1) is 10.1 Å². The van der Waals surface area contributed by atoms with Gasteiger partial charge >= 0.3 is 5.69 Å². The van der Waals surface area contributed by atoms with Gasteiger partial charge in [-0.25, -0.2) is 0 Å². The first-order chi connectivity index (χ1) is 11.6. The van der Waals surface area contributed by atoms with Crippen LogP contribution in [-0.2, 0) is 17.8 Å². The van der Waals surface area contributed by atoms with Crippen LogP contribution in [-0.4, -0.2) is 20.6 Å². The summed E-state index contributed by atoms with van der Waals surface area (Å²) in [6.45, 7) is 0.327. The summed E-state index contributed by atoms with van der Waals surface area (Å²) in [5, 5.41) is 17.6. The third kappa shape index (κ3) is 3.79. The van der Waals surface area contributed by atoms with Gasteiger partial charge in [-0.15, -0.1) is 0 Å². The molecule has 1 aromatic carbocycles. The Morgan fingerprint density at radius 3 is 3.00 bits per heavy atom. The first kappa shape index (κ1) is 16.2. The van der Waals surface area contributed by atoms with E-state index in [9.17, 15) is 14.9 Å². The predicted molar refractivity (Wildman–Crippen MR) is 88.4 cm³/mol. The van der Waals surface area contributed by atoms with E-state index in [0.29, 0.717) is 6.54 Å². The molecule has 1 aliphatic rings. The van der Waals surface area contributed by atoms with Crippen molar-refractivity contribution in [3.63, 3.8) is 0 Å². The maximum Gasteiger partial charge on any atom is 0.306 e. The average Bonchev–Trinajstić information content (AvgIpc) is 2.97. The Bertz CT molecular complexity index is 741. The van der Waals surface area contributed by atoms with Crippen molar-refractivity contribution in [3.8, 4) is 0 Å². The molecule has 0 bridgehead atoms. The summed E-state index contributed by atoms with van der Waals surface area (Å²) in [4.78, 5) is 22.4. The first-order valence-electron chi connectivity index (χ1n) is 8.17. The number of carbonyl (C=O) groups excluding carboxylic acids is 1. The maximum absolute atomic E-state index is 12.3. The van der Waals surface area contributed by atoms with E-state index in [2.05, 4.69) is 22.5 Å². The minimum absolute atomic E-state index is 0.0446. The van der Waals surface area contributed by atoms with Crippen molar-refractivity contribution < 1.29 is 9.72 Å². The lowest BCUT2D eigenvalue weighted by Gasteiger charge is -2.19. The second kappa shape index (κ2) is 7.25. The second-order valence-electron chi connectivity index (χ2n) is 6.03. The Labute approximate surface area is 139 Å². The number of rotatable bonds is 5. The third-order valence-electron chi connectivity index (χ3n) is 4.35. The molecule has 3 rings (SSSR count). The third-order valence-corrected chi connectivity index (χ3v) is 4.35. The SMILES string of the molecule is O=C(CCn1cc([N+](=O)[O-])cn1)N[C@@H]1CCCCc2ccccc21. The summed E-state index contributed by atoms with van der Waals surface area (Å²) in [6.07, 6.45) is 7.01. The van der Waals surface area contributed by atoms with E-state index in [0.717, 1.165) is 25.7 Å². The van der Waals surface area contributed by atoms with Crippen molar-refractivity contribution in [1.29, 1.82) is 0 Å². The fraction of sp³-hybridized carbons (Fsp3) is 0.412. The van der Waals surface area contributed by atoms with Crippen molar-refractivity contribution in [2.45, 2.75) is 44.7 Å². The molecule has 0 unspecified atom stereocenters. The molecule has 0 spiro atoms. The van der Waals surface area contributed by atoms with Gasteiger partial charge in [-0.3, -0.25) is 19.6 Å². The van der Waals surface area contributed by atoms with Crippen LogP contribution in [0.2, 0.25) is 0 Å². The summed E-state index contributed by atoms with van der Waals surface area (Å²) >= 11 is 0. The minimum atomic E-state index is -0.494. The van der Waals surface area contributed by atoms with Crippen molar-refractivity contribution in [3.05, 3.63) is 57.9 Å². The molecule has 0 saturated heterocycles. The highest BCUT2D eigenvalue weighted by atomic mass is 16.6. The lowest BCUT2D eigenvalue weighted by Crippen LogP contribution is -2.29. The number of aryl methyl sites for hydroxylation is 2. The fourth-order valence-electron chi connectivity index (χ4n) is 3.12. The van der Waals surface area contributed by atoms with Gasteiger partial charge < -0.3 is 5.32 Å². The Kier molecular flexibility index (Phi) is 4.88. The molecule has 1 amide bonds. The number of hydrogen-bond donors (Lipinski definition) is 1. The summed E-state index contributed by atoms with van der Waals surface area (Å²) in [7, 11) is 0. The smallest absolute Gasteiger partial charge is 0.306 e. The summed E-state index contributed by atoms with van der Waals surface area (Å²) < 4.78 is 1.43. The largest absolute Gasteiger partial charge is 0.349 e. The van der Waals surface area contributed by atoms with Crippen LogP contribution in [0.25, 0.3) is 0 Å². The average molecular weight is 328 g/mol. The highest BCUT2D eigenvalue weighted by Crippen LogP contribution is 2.28. The van der Waals surface area contributed by atoms with Gasteiger partial charge in [0.2, 0.25) is 5.91 Å². The van der Waals surface area contributed by atoms with Gasteiger partial charge in [0, 0.05) is 13.0 Å². The van der Waals surface area contributed by atoms with Crippen molar-refractivity contribution >= 4 is 11.6 Å². The molecule has 2 aromatic rings. The highest BCUT2D eigenvalue weighted by Gasteiger charge is 2.20. The van der Waals surface area contributed by atoms with Gasteiger partial charge in [-0.1, -0.05) is 30.7 Å². The van der Waals surface area contributed by atoms with Gasteiger partial charge in [0.15, 0.2) is 0 Å². The molecule has 1 aliphatic carbocycles. The van der Waals surface area contributed by atoms with Crippen LogP contribution >= 0.6 is 0 Å². The number of nitrogens with one attached hydrogen (secondary N) is 1. The van der Waals surface area contributed by atoms with Crippen LogP contribution in [0.4, 0.5) is 5.69 Å². The molecule has 1 atom stereocenters. The summed E-state index contributed by atoms with van der Waals surface area (Å²) in [6, 6.07) is 8.30. The summed E-state index contributed by atoms with van der Waals surface area (Å²) in [5.74, 6) is -0.0603. The maximum atomic E-state index is 12.3. The molecule has 1 heterocycles. The number of hydrogen-bond acceptors (Lipinski definition) is 4. The van der Waals surface area contributed by atoms with Crippen LogP contribution < -0.4 is 5.32 Å². The number of aromatic nitrogens is 2. The van der Waals surface area contributed by atoms with Crippen LogP contribution in [0.5, 0.6) is 0 Å². The molecule has 126 valence electrons. The standard InChI is InChI=1S/C17H20N4O3/c22-17(9-10-20-12-14(11-18-20)21(23)24)19-16-8-4-2-6-13-5-1-3-7-15(13)16/h1,3,5,7,11-12,16H,2,4,6,8-10H2,(H,19,22)/t16-/m1/s1. The van der Waals surface area contributed by atoms with E-state index in [1.807, 2.05) is 12.1 Å². The fourth-order valence-corrected chi connectivity index (χ4v) is 3.12. The normalized spacial score (nSPS) is 16.9. The Hall–Kier alpha value is -2.70. The number of amides is 1. The van der Waals surface area contributed by atoms with Crippen LogP contribution in [0.1, 0.15) is 42.9 Å². The van der Waals surface area contributed by atoms with Crippen LogP contribution in [0.3, 0.4) is 0 Å². The first-order valence-corrected chi connectivity index (χ1v) is 8.17. The van der Waals surface area contributed by atoms with E-state index < -0.39 is 4.92 Å². The highest BCUT2D eigenvalue weighted by molar-refractivity contribution is 5.76. The molecule has 0 radical (unpaired) electrons. The number of benzene rings is 1. The summed E-state index contributed by atoms with van der Waals surface area (Å²) in [5.41, 5.74) is 2.45. The molecule has 24 heavy (non-hydrogen) atoms. The number of nitrogens with zero attached hydrogens (tertiary/aromatic N) is 3. The van der Waals surface area contributed by atoms with Gasteiger partial charge in [0.1, 0.15) is 12.4 Å². The second-order valence-corrected chi connectivity index (χ2v) is 6.03. The molecule has 0 aliphatic heterocycles. The van der Waals surface area contributed by atoms with Crippen LogP contribution in [0.15, 0.2) is 36.7 Å². The van der Waals surface area contributed by atoms with Crippen molar-refractivity contribution in [2.75, 3.05) is 0 Å². The van der Waals surface area contributed by atoms with Gasteiger partial charge in [-0.05, 0) is 30.4 Å². The van der Waals surface area contributed by atoms with Gasteiger partial charge in [0.05, 0.1) is 11.0 Å². The lowest BCUT2D eigenvalue weighted by molar-refractivity contribution is -0.385. The molecular formula is C17H20N4O3. The zero-order valence-electron chi connectivity index (χ0n) is 13.4. The zero-order chi connectivity index (χ0) is 16.9. The molecule has 7 nitrogen and oxygen atoms in total. The topological polar surface area (TPSA) is 90.1 Å². The zero-order valence-corrected chi connectivity index (χ0v) is 13.4. The monoisotopic (exact) mass is 328 g/mol. The quantitative estimate of drug-likeness (QED) is 0.519. The minimum Gasteiger partial charge on any atom is -0.349 e. The molecule has 1 aromatic heterocycles. The number of fused-ring (bicyclic) bond motifs is 1.